The van der Waals surface area contributed by atoms with Gasteiger partial charge in [-0.25, -0.2) is 9.97 Å². The van der Waals surface area contributed by atoms with Crippen LogP contribution in [0.4, 0.5) is 17.5 Å². The summed E-state index contributed by atoms with van der Waals surface area (Å²) in [6.07, 6.45) is 3.37. The number of piperazine rings is 1. The van der Waals surface area contributed by atoms with Crippen molar-refractivity contribution < 1.29 is 4.74 Å². The van der Waals surface area contributed by atoms with E-state index in [4.69, 9.17) is 9.72 Å². The predicted molar refractivity (Wildman–Crippen MR) is 108 cm³/mol. The van der Waals surface area contributed by atoms with Crippen LogP contribution in [0.25, 0.3) is 0 Å². The fourth-order valence-electron chi connectivity index (χ4n) is 4.26. The van der Waals surface area contributed by atoms with Gasteiger partial charge in [0.1, 0.15) is 17.5 Å². The Balaban J connectivity index is 1.28. The molecule has 2 aromatic heterocycles. The maximum absolute atomic E-state index is 5.57. The van der Waals surface area contributed by atoms with Gasteiger partial charge in [-0.05, 0) is 25.8 Å². The number of aryl methyl sites for hydroxylation is 1. The Bertz CT molecular complexity index is 844. The zero-order chi connectivity index (χ0) is 18.9. The van der Waals surface area contributed by atoms with E-state index in [1.165, 1.54) is 18.4 Å². The molecule has 3 aliphatic heterocycles. The van der Waals surface area contributed by atoms with Crippen molar-refractivity contribution in [2.24, 2.45) is 0 Å². The van der Waals surface area contributed by atoms with E-state index in [0.717, 1.165) is 81.3 Å². The van der Waals surface area contributed by atoms with Crippen LogP contribution in [0, 0.1) is 6.92 Å². The molecule has 0 aromatic carbocycles. The van der Waals surface area contributed by atoms with Gasteiger partial charge in [0, 0.05) is 57.3 Å². The first-order valence-electron chi connectivity index (χ1n) is 10.3. The lowest BCUT2D eigenvalue weighted by atomic mass is 10.1. The quantitative estimate of drug-likeness (QED) is 0.794. The number of ether oxygens (including phenoxy) is 1. The number of rotatable bonds is 3. The first-order valence-corrected chi connectivity index (χ1v) is 10.3. The van der Waals surface area contributed by atoms with E-state index in [9.17, 15) is 0 Å². The highest BCUT2D eigenvalue weighted by Gasteiger charge is 2.23. The summed E-state index contributed by atoms with van der Waals surface area (Å²) >= 11 is 0. The molecule has 8 heteroatoms. The molecule has 2 fully saturated rings. The number of fused-ring (bicyclic) bond motifs is 1. The van der Waals surface area contributed by atoms with Crippen LogP contribution < -0.4 is 14.7 Å². The highest BCUT2D eigenvalue weighted by Crippen LogP contribution is 2.25. The van der Waals surface area contributed by atoms with E-state index in [1.54, 1.807) is 0 Å². The van der Waals surface area contributed by atoms with Crippen molar-refractivity contribution in [2.75, 3.05) is 60.6 Å². The average molecular weight is 381 g/mol. The fraction of sp³-hybridized carbons (Fsp3) is 0.600. The number of hydrogen-bond acceptors (Lipinski definition) is 8. The largest absolute Gasteiger partial charge is 0.376 e. The van der Waals surface area contributed by atoms with Gasteiger partial charge in [0.15, 0.2) is 5.82 Å². The number of nitrogens with zero attached hydrogens (tertiary/aromatic N) is 7. The third kappa shape index (κ3) is 3.48. The number of hydrogen-bond donors (Lipinski definition) is 0. The lowest BCUT2D eigenvalue weighted by Gasteiger charge is -2.36. The molecule has 3 aliphatic rings. The molecule has 28 heavy (non-hydrogen) atoms. The van der Waals surface area contributed by atoms with Crippen molar-refractivity contribution >= 4 is 17.5 Å². The van der Waals surface area contributed by atoms with Crippen LogP contribution >= 0.6 is 0 Å². The van der Waals surface area contributed by atoms with Gasteiger partial charge in [-0.2, -0.15) is 5.10 Å². The molecule has 8 nitrogen and oxygen atoms in total. The van der Waals surface area contributed by atoms with E-state index >= 15 is 0 Å². The van der Waals surface area contributed by atoms with Crippen LogP contribution in [0.5, 0.6) is 0 Å². The maximum Gasteiger partial charge on any atom is 0.151 e. The summed E-state index contributed by atoms with van der Waals surface area (Å²) in [4.78, 5) is 16.4. The van der Waals surface area contributed by atoms with Crippen molar-refractivity contribution in [1.29, 1.82) is 0 Å². The van der Waals surface area contributed by atoms with Crippen molar-refractivity contribution in [1.82, 2.24) is 20.2 Å². The van der Waals surface area contributed by atoms with Gasteiger partial charge < -0.3 is 19.4 Å². The zero-order valence-electron chi connectivity index (χ0n) is 16.5. The zero-order valence-corrected chi connectivity index (χ0v) is 16.5. The maximum atomic E-state index is 5.57. The molecule has 0 aliphatic carbocycles. The lowest BCUT2D eigenvalue weighted by molar-refractivity contribution is 0.109. The molecule has 0 spiro atoms. The molecule has 0 saturated carbocycles. The molecule has 0 radical (unpaired) electrons. The van der Waals surface area contributed by atoms with E-state index in [2.05, 4.69) is 42.0 Å². The summed E-state index contributed by atoms with van der Waals surface area (Å²) in [7, 11) is 0. The van der Waals surface area contributed by atoms with Crippen LogP contribution in [0.2, 0.25) is 0 Å². The molecule has 2 saturated heterocycles. The number of aromatic nitrogens is 4. The summed E-state index contributed by atoms with van der Waals surface area (Å²) in [5, 5.41) is 8.89. The van der Waals surface area contributed by atoms with Crippen LogP contribution in [0.15, 0.2) is 12.1 Å². The first kappa shape index (κ1) is 17.6. The monoisotopic (exact) mass is 381 g/mol. The number of anilines is 3. The van der Waals surface area contributed by atoms with Crippen LogP contribution in [0.3, 0.4) is 0 Å². The molecular weight excluding hydrogens is 354 g/mol. The molecule has 5 rings (SSSR count). The Morgan fingerprint density at radius 3 is 2.14 bits per heavy atom. The highest BCUT2D eigenvalue weighted by molar-refractivity contribution is 5.53. The smallest absolute Gasteiger partial charge is 0.151 e. The Kier molecular flexibility index (Phi) is 4.72. The Morgan fingerprint density at radius 2 is 1.43 bits per heavy atom. The third-order valence-electron chi connectivity index (χ3n) is 5.86. The van der Waals surface area contributed by atoms with Crippen molar-refractivity contribution in [3.8, 4) is 0 Å². The first-order chi connectivity index (χ1) is 13.8. The topological polar surface area (TPSA) is 70.5 Å². The van der Waals surface area contributed by atoms with Crippen molar-refractivity contribution in [3.63, 3.8) is 0 Å². The summed E-state index contributed by atoms with van der Waals surface area (Å²) < 4.78 is 5.57. The lowest BCUT2D eigenvalue weighted by Crippen LogP contribution is -2.47. The molecule has 0 bridgehead atoms. The van der Waals surface area contributed by atoms with E-state index in [-0.39, 0.29) is 0 Å². The van der Waals surface area contributed by atoms with Crippen LogP contribution in [-0.2, 0) is 17.8 Å². The predicted octanol–water partition coefficient (Wildman–Crippen LogP) is 1.57. The average Bonchev–Trinajstić information content (AvgIpc) is 3.28. The third-order valence-corrected chi connectivity index (χ3v) is 5.86. The van der Waals surface area contributed by atoms with E-state index < -0.39 is 0 Å². The minimum absolute atomic E-state index is 0.650. The summed E-state index contributed by atoms with van der Waals surface area (Å²) in [6.45, 7) is 9.26. The summed E-state index contributed by atoms with van der Waals surface area (Å²) in [5.41, 5.74) is 2.26. The fourth-order valence-corrected chi connectivity index (χ4v) is 4.26. The SMILES string of the molecule is Cc1nc(N2CCCC2)cc(N2CCN(c3cc4c(nn3)CCOC4)CC2)n1. The minimum Gasteiger partial charge on any atom is -0.376 e. The standard InChI is InChI=1S/C20H27N7O/c1-15-21-18(25-5-2-3-6-25)13-19(22-15)26-7-9-27(10-8-26)20-12-16-14-28-11-4-17(16)23-24-20/h12-13H,2-11,14H2,1H3. The second-order valence-electron chi connectivity index (χ2n) is 7.78. The van der Waals surface area contributed by atoms with Gasteiger partial charge in [-0.3, -0.25) is 0 Å². The van der Waals surface area contributed by atoms with Gasteiger partial charge in [-0.15, -0.1) is 5.10 Å². The molecule has 0 unspecified atom stereocenters. The van der Waals surface area contributed by atoms with Gasteiger partial charge in [-0.1, -0.05) is 0 Å². The molecule has 2 aromatic rings. The minimum atomic E-state index is 0.650. The van der Waals surface area contributed by atoms with Gasteiger partial charge in [0.05, 0.1) is 18.9 Å². The molecular formula is C20H27N7O. The summed E-state index contributed by atoms with van der Waals surface area (Å²) in [6, 6.07) is 4.31. The van der Waals surface area contributed by atoms with Gasteiger partial charge >= 0.3 is 0 Å². The van der Waals surface area contributed by atoms with Crippen LogP contribution in [-0.4, -0.2) is 66.0 Å². The molecule has 0 amide bonds. The Hall–Kier alpha value is -2.48. The normalized spacial score (nSPS) is 19.8. The van der Waals surface area contributed by atoms with Gasteiger partial charge in [0.25, 0.3) is 0 Å². The van der Waals surface area contributed by atoms with E-state index in [1.807, 2.05) is 6.92 Å². The second-order valence-corrected chi connectivity index (χ2v) is 7.78. The molecule has 148 valence electrons. The van der Waals surface area contributed by atoms with Crippen molar-refractivity contribution in [3.05, 3.63) is 29.2 Å². The molecule has 0 N–H and O–H groups in total. The highest BCUT2D eigenvalue weighted by atomic mass is 16.5. The van der Waals surface area contributed by atoms with Gasteiger partial charge in [0.2, 0.25) is 0 Å². The molecule has 0 atom stereocenters. The van der Waals surface area contributed by atoms with Crippen molar-refractivity contribution in [2.45, 2.75) is 32.8 Å². The molecule has 5 heterocycles. The Labute approximate surface area is 165 Å². The van der Waals surface area contributed by atoms with E-state index in [0.29, 0.717) is 6.61 Å². The summed E-state index contributed by atoms with van der Waals surface area (Å²) in [5.74, 6) is 3.92. The second kappa shape index (κ2) is 7.50. The van der Waals surface area contributed by atoms with Crippen LogP contribution in [0.1, 0.15) is 29.9 Å². The Morgan fingerprint density at radius 1 is 0.786 bits per heavy atom.